The number of carbonyl (C=O) groups excluding carboxylic acids is 1. The molecule has 0 N–H and O–H groups in total. The van der Waals surface area contributed by atoms with Crippen LogP contribution in [0, 0.1) is 6.92 Å². The van der Waals surface area contributed by atoms with Gasteiger partial charge in [0.05, 0.1) is 24.5 Å². The fourth-order valence-electron chi connectivity index (χ4n) is 3.42. The lowest BCUT2D eigenvalue weighted by molar-refractivity contribution is -0.132. The highest BCUT2D eigenvalue weighted by Gasteiger charge is 2.18. The predicted octanol–water partition coefficient (Wildman–Crippen LogP) is 4.12. The van der Waals surface area contributed by atoms with Crippen LogP contribution in [0.4, 0.5) is 0 Å². The number of hydrogen-bond acceptors (Lipinski definition) is 5. The second-order valence-corrected chi connectivity index (χ2v) is 8.17. The van der Waals surface area contributed by atoms with Gasteiger partial charge in [-0.25, -0.2) is 9.97 Å². The Morgan fingerprint density at radius 2 is 1.97 bits per heavy atom. The van der Waals surface area contributed by atoms with Crippen molar-refractivity contribution in [3.8, 4) is 11.4 Å². The Morgan fingerprint density at radius 3 is 2.72 bits per heavy atom. The fraction of sp³-hybridized carbons (Fsp3) is 0.348. The Bertz CT molecular complexity index is 1030. The van der Waals surface area contributed by atoms with Gasteiger partial charge in [0.15, 0.2) is 5.82 Å². The minimum absolute atomic E-state index is 0.133. The van der Waals surface area contributed by atoms with Gasteiger partial charge in [-0.2, -0.15) is 0 Å². The van der Waals surface area contributed by atoms with E-state index in [4.69, 9.17) is 14.7 Å². The highest BCUT2D eigenvalue weighted by molar-refractivity contribution is 8.00. The summed E-state index contributed by atoms with van der Waals surface area (Å²) in [4.78, 5) is 24.2. The molecule has 1 saturated heterocycles. The molecule has 0 atom stereocenters. The van der Waals surface area contributed by atoms with Crippen LogP contribution in [0.1, 0.15) is 18.1 Å². The fourth-order valence-corrected chi connectivity index (χ4v) is 4.34. The van der Waals surface area contributed by atoms with Gasteiger partial charge in [0.1, 0.15) is 5.03 Å². The second kappa shape index (κ2) is 8.93. The summed E-state index contributed by atoms with van der Waals surface area (Å²) in [5, 5.41) is 1.88. The molecular formula is C23H25N3O2S. The predicted molar refractivity (Wildman–Crippen MR) is 117 cm³/mol. The average Bonchev–Trinajstić information content (AvgIpc) is 2.77. The summed E-state index contributed by atoms with van der Waals surface area (Å²) in [7, 11) is 0. The molecule has 4 rings (SSSR count). The first kappa shape index (κ1) is 19.9. The molecule has 2 heterocycles. The summed E-state index contributed by atoms with van der Waals surface area (Å²) >= 11 is 1.50. The van der Waals surface area contributed by atoms with Gasteiger partial charge in [-0.05, 0) is 37.1 Å². The van der Waals surface area contributed by atoms with Gasteiger partial charge < -0.3 is 9.64 Å². The van der Waals surface area contributed by atoms with Gasteiger partial charge in [-0.15, -0.1) is 0 Å². The minimum atomic E-state index is 0.133. The Morgan fingerprint density at radius 1 is 1.14 bits per heavy atom. The van der Waals surface area contributed by atoms with Crippen molar-refractivity contribution in [3.63, 3.8) is 0 Å². The minimum Gasteiger partial charge on any atom is -0.378 e. The van der Waals surface area contributed by atoms with E-state index in [1.165, 1.54) is 22.9 Å². The van der Waals surface area contributed by atoms with E-state index in [0.29, 0.717) is 37.9 Å². The molecule has 150 valence electrons. The monoisotopic (exact) mass is 407 g/mol. The van der Waals surface area contributed by atoms with Crippen LogP contribution in [-0.4, -0.2) is 52.8 Å². The van der Waals surface area contributed by atoms with E-state index < -0.39 is 0 Å². The number of hydrogen-bond donors (Lipinski definition) is 0. The van der Waals surface area contributed by atoms with Crippen LogP contribution in [0.15, 0.2) is 47.5 Å². The summed E-state index contributed by atoms with van der Waals surface area (Å²) in [6, 6.07) is 14.5. The third-order valence-electron chi connectivity index (χ3n) is 5.11. The molecule has 0 unspecified atom stereocenters. The number of ether oxygens (including phenoxy) is 1. The zero-order chi connectivity index (χ0) is 20.2. The quantitative estimate of drug-likeness (QED) is 0.470. The molecule has 0 saturated carbocycles. The number of aryl methyl sites for hydroxylation is 2. The van der Waals surface area contributed by atoms with Gasteiger partial charge in [0.2, 0.25) is 5.91 Å². The third kappa shape index (κ3) is 4.60. The van der Waals surface area contributed by atoms with E-state index in [-0.39, 0.29) is 5.91 Å². The van der Waals surface area contributed by atoms with Crippen LogP contribution >= 0.6 is 11.8 Å². The van der Waals surface area contributed by atoms with Gasteiger partial charge in [-0.3, -0.25) is 4.79 Å². The number of rotatable bonds is 5. The highest BCUT2D eigenvalue weighted by Crippen LogP contribution is 2.30. The topological polar surface area (TPSA) is 55.3 Å². The lowest BCUT2D eigenvalue weighted by Crippen LogP contribution is -2.41. The molecule has 3 aromatic rings. The normalized spacial score (nSPS) is 14.3. The van der Waals surface area contributed by atoms with Gasteiger partial charge in [0, 0.05) is 24.0 Å². The van der Waals surface area contributed by atoms with Crippen LogP contribution in [0.3, 0.4) is 0 Å². The molecule has 0 bridgehead atoms. The Balaban J connectivity index is 1.68. The number of fused-ring (bicyclic) bond motifs is 1. The van der Waals surface area contributed by atoms with Crippen molar-refractivity contribution in [2.24, 2.45) is 0 Å². The van der Waals surface area contributed by atoms with Gasteiger partial charge in [-0.1, -0.05) is 48.5 Å². The van der Waals surface area contributed by atoms with E-state index in [1.54, 1.807) is 0 Å². The largest absolute Gasteiger partial charge is 0.378 e. The Hall–Kier alpha value is -2.44. The number of nitrogens with zero attached hydrogens (tertiary/aromatic N) is 3. The first-order chi connectivity index (χ1) is 14.1. The lowest BCUT2D eigenvalue weighted by atomic mass is 10.1. The first-order valence-electron chi connectivity index (χ1n) is 10.00. The van der Waals surface area contributed by atoms with Crippen molar-refractivity contribution in [2.75, 3.05) is 32.1 Å². The van der Waals surface area contributed by atoms with E-state index in [9.17, 15) is 4.79 Å². The van der Waals surface area contributed by atoms with E-state index in [0.717, 1.165) is 27.9 Å². The lowest BCUT2D eigenvalue weighted by Gasteiger charge is -2.26. The molecule has 0 radical (unpaired) electrons. The molecule has 0 spiro atoms. The number of morpholine rings is 1. The van der Waals surface area contributed by atoms with E-state index >= 15 is 0 Å². The third-order valence-corrected chi connectivity index (χ3v) is 6.08. The smallest absolute Gasteiger partial charge is 0.233 e. The molecule has 2 aromatic carbocycles. The van der Waals surface area contributed by atoms with Crippen molar-refractivity contribution in [1.29, 1.82) is 0 Å². The number of carbonyl (C=O) groups is 1. The van der Waals surface area contributed by atoms with Crippen LogP contribution in [-0.2, 0) is 16.0 Å². The molecular weight excluding hydrogens is 382 g/mol. The summed E-state index contributed by atoms with van der Waals surface area (Å²) in [5.41, 5.74) is 4.32. The van der Waals surface area contributed by atoms with Crippen molar-refractivity contribution in [1.82, 2.24) is 14.9 Å². The summed E-state index contributed by atoms with van der Waals surface area (Å²) in [5.74, 6) is 1.20. The van der Waals surface area contributed by atoms with Crippen LogP contribution < -0.4 is 0 Å². The Labute approximate surface area is 175 Å². The van der Waals surface area contributed by atoms with Crippen LogP contribution in [0.25, 0.3) is 22.3 Å². The number of thioether (sulfide) groups is 1. The number of benzene rings is 2. The summed E-state index contributed by atoms with van der Waals surface area (Å²) in [6.07, 6.45) is 0.951. The molecule has 5 nitrogen and oxygen atoms in total. The van der Waals surface area contributed by atoms with Crippen molar-refractivity contribution in [2.45, 2.75) is 25.3 Å². The SMILES string of the molecule is CCc1ccc2nc(-c3cccc(C)c3)nc(SCC(=O)N3CCOCC3)c2c1. The number of amides is 1. The van der Waals surface area contributed by atoms with Crippen molar-refractivity contribution >= 4 is 28.6 Å². The molecule has 29 heavy (non-hydrogen) atoms. The highest BCUT2D eigenvalue weighted by atomic mass is 32.2. The molecule has 1 fully saturated rings. The first-order valence-corrected chi connectivity index (χ1v) is 11.0. The molecule has 1 aromatic heterocycles. The maximum absolute atomic E-state index is 12.6. The number of aromatic nitrogens is 2. The molecule has 6 heteroatoms. The molecule has 1 aliphatic rings. The van der Waals surface area contributed by atoms with E-state index in [2.05, 4.69) is 44.2 Å². The maximum Gasteiger partial charge on any atom is 0.233 e. The van der Waals surface area contributed by atoms with Gasteiger partial charge in [0.25, 0.3) is 0 Å². The zero-order valence-corrected chi connectivity index (χ0v) is 17.7. The van der Waals surface area contributed by atoms with E-state index in [1.807, 2.05) is 17.0 Å². The van der Waals surface area contributed by atoms with Crippen molar-refractivity contribution < 1.29 is 9.53 Å². The van der Waals surface area contributed by atoms with Crippen LogP contribution in [0.2, 0.25) is 0 Å². The maximum atomic E-state index is 12.6. The molecule has 1 aliphatic heterocycles. The van der Waals surface area contributed by atoms with Crippen LogP contribution in [0.5, 0.6) is 0 Å². The standard InChI is InChI=1S/C23H25N3O2S/c1-3-17-7-8-20-19(14-17)23(29-15-21(27)26-9-11-28-12-10-26)25-22(24-20)18-6-4-5-16(2)13-18/h4-8,13-14H,3,9-12,15H2,1-2H3. The van der Waals surface area contributed by atoms with Gasteiger partial charge >= 0.3 is 0 Å². The summed E-state index contributed by atoms with van der Waals surface area (Å²) in [6.45, 7) is 6.76. The average molecular weight is 408 g/mol. The van der Waals surface area contributed by atoms with Crippen molar-refractivity contribution in [3.05, 3.63) is 53.6 Å². The second-order valence-electron chi connectivity index (χ2n) is 7.21. The molecule has 1 amide bonds. The summed E-state index contributed by atoms with van der Waals surface area (Å²) < 4.78 is 5.35. The zero-order valence-electron chi connectivity index (χ0n) is 16.9. The molecule has 0 aliphatic carbocycles. The Kier molecular flexibility index (Phi) is 6.11.